The molecule has 1 N–H and O–H groups in total. The van der Waals surface area contributed by atoms with Crippen LogP contribution in [-0.2, 0) is 11.2 Å². The summed E-state index contributed by atoms with van der Waals surface area (Å²) in [7, 11) is 0. The highest BCUT2D eigenvalue weighted by molar-refractivity contribution is 5.75. The van der Waals surface area contributed by atoms with Gasteiger partial charge in [-0.2, -0.15) is 0 Å². The molecule has 0 radical (unpaired) electrons. The molecule has 0 aromatic heterocycles. The Balaban J connectivity index is 1.71. The van der Waals surface area contributed by atoms with E-state index in [1.165, 1.54) is 12.1 Å². The number of piperazine rings is 1. The molecule has 1 aromatic carbocycles. The van der Waals surface area contributed by atoms with Gasteiger partial charge in [0.15, 0.2) is 0 Å². The van der Waals surface area contributed by atoms with Crippen molar-refractivity contribution >= 4 is 12.1 Å². The van der Waals surface area contributed by atoms with Crippen LogP contribution in [0, 0.1) is 5.82 Å². The molecule has 1 heterocycles. The van der Waals surface area contributed by atoms with Crippen molar-refractivity contribution in [3.63, 3.8) is 0 Å². The van der Waals surface area contributed by atoms with E-state index >= 15 is 0 Å². The lowest BCUT2D eigenvalue weighted by Crippen LogP contribution is -2.54. The van der Waals surface area contributed by atoms with Gasteiger partial charge in [0, 0.05) is 32.7 Å². The zero-order chi connectivity index (χ0) is 18.4. The predicted octanol–water partition coefficient (Wildman–Crippen LogP) is 2.63. The van der Waals surface area contributed by atoms with E-state index < -0.39 is 5.60 Å². The van der Waals surface area contributed by atoms with Crippen molar-refractivity contribution in [1.82, 2.24) is 15.1 Å². The largest absolute Gasteiger partial charge is 0.444 e. The molecular weight excluding hydrogens is 325 g/mol. The first-order valence-electron chi connectivity index (χ1n) is 8.50. The second kappa shape index (κ2) is 8.18. The third kappa shape index (κ3) is 6.25. The van der Waals surface area contributed by atoms with Crippen molar-refractivity contribution in [2.45, 2.75) is 32.8 Å². The number of benzene rings is 1. The van der Waals surface area contributed by atoms with E-state index in [1.807, 2.05) is 26.8 Å². The topological polar surface area (TPSA) is 61.9 Å². The van der Waals surface area contributed by atoms with Crippen molar-refractivity contribution in [3.05, 3.63) is 35.6 Å². The number of nitrogens with zero attached hydrogens (tertiary/aromatic N) is 2. The molecule has 1 aliphatic rings. The lowest BCUT2D eigenvalue weighted by molar-refractivity contribution is 0.0170. The monoisotopic (exact) mass is 351 g/mol. The second-order valence-corrected chi connectivity index (χ2v) is 7.07. The number of hydrogen-bond donors (Lipinski definition) is 1. The minimum absolute atomic E-state index is 0.166. The van der Waals surface area contributed by atoms with E-state index in [9.17, 15) is 14.0 Å². The summed E-state index contributed by atoms with van der Waals surface area (Å²) in [6, 6.07) is 6.18. The number of carbonyl (C=O) groups excluding carboxylic acids is 2. The SMILES string of the molecule is CC(C)(C)OC(=O)N1CCN(C(=O)NCCc2cccc(F)c2)CC1. The maximum absolute atomic E-state index is 13.1. The van der Waals surface area contributed by atoms with Gasteiger partial charge >= 0.3 is 12.1 Å². The lowest BCUT2D eigenvalue weighted by Gasteiger charge is -2.35. The molecule has 1 fully saturated rings. The molecule has 0 aliphatic carbocycles. The Bertz CT molecular complexity index is 608. The van der Waals surface area contributed by atoms with Gasteiger partial charge in [-0.05, 0) is 44.9 Å². The molecule has 138 valence electrons. The zero-order valence-corrected chi connectivity index (χ0v) is 15.0. The summed E-state index contributed by atoms with van der Waals surface area (Å²) in [5.74, 6) is -0.276. The van der Waals surface area contributed by atoms with E-state index in [0.717, 1.165) is 5.56 Å². The number of amides is 3. The average molecular weight is 351 g/mol. The number of carbonyl (C=O) groups is 2. The first-order valence-corrected chi connectivity index (χ1v) is 8.50. The second-order valence-electron chi connectivity index (χ2n) is 7.07. The van der Waals surface area contributed by atoms with Crippen molar-refractivity contribution in [1.29, 1.82) is 0 Å². The molecule has 0 spiro atoms. The smallest absolute Gasteiger partial charge is 0.410 e. The van der Waals surface area contributed by atoms with Crippen LogP contribution in [-0.4, -0.2) is 60.2 Å². The van der Waals surface area contributed by atoms with Crippen LogP contribution in [0.4, 0.5) is 14.0 Å². The predicted molar refractivity (Wildman–Crippen MR) is 92.9 cm³/mol. The molecule has 0 bridgehead atoms. The summed E-state index contributed by atoms with van der Waals surface area (Å²) in [4.78, 5) is 27.5. The summed E-state index contributed by atoms with van der Waals surface area (Å²) < 4.78 is 18.4. The molecule has 0 unspecified atom stereocenters. The standard InChI is InChI=1S/C18H26FN3O3/c1-18(2,3)25-17(24)22-11-9-21(10-12-22)16(23)20-8-7-14-5-4-6-15(19)13-14/h4-6,13H,7-12H2,1-3H3,(H,20,23). The molecule has 1 aromatic rings. The van der Waals surface area contributed by atoms with Crippen molar-refractivity contribution in [2.75, 3.05) is 32.7 Å². The van der Waals surface area contributed by atoms with E-state index in [2.05, 4.69) is 5.32 Å². The number of urea groups is 1. The fourth-order valence-corrected chi connectivity index (χ4v) is 2.54. The maximum atomic E-state index is 13.1. The summed E-state index contributed by atoms with van der Waals surface area (Å²) in [5.41, 5.74) is 0.317. The first kappa shape index (κ1) is 19.0. The van der Waals surface area contributed by atoms with Crippen molar-refractivity contribution in [3.8, 4) is 0 Å². The third-order valence-corrected chi connectivity index (χ3v) is 3.80. The van der Waals surface area contributed by atoms with Crippen LogP contribution in [0.1, 0.15) is 26.3 Å². The highest BCUT2D eigenvalue weighted by Gasteiger charge is 2.27. The molecule has 6 nitrogen and oxygen atoms in total. The van der Waals surface area contributed by atoms with Crippen molar-refractivity contribution < 1.29 is 18.7 Å². The molecule has 1 saturated heterocycles. The van der Waals surface area contributed by atoms with Crippen LogP contribution in [0.15, 0.2) is 24.3 Å². The Labute approximate surface area is 147 Å². The van der Waals surface area contributed by atoms with E-state index in [-0.39, 0.29) is 17.9 Å². The Morgan fingerprint density at radius 2 is 1.80 bits per heavy atom. The number of rotatable bonds is 3. The lowest BCUT2D eigenvalue weighted by atomic mass is 10.1. The van der Waals surface area contributed by atoms with Crippen molar-refractivity contribution in [2.24, 2.45) is 0 Å². The van der Waals surface area contributed by atoms with Gasteiger partial charge in [0.2, 0.25) is 0 Å². The number of ether oxygens (including phenoxy) is 1. The molecule has 3 amide bonds. The highest BCUT2D eigenvalue weighted by atomic mass is 19.1. The number of halogens is 1. The van der Waals surface area contributed by atoms with Crippen LogP contribution < -0.4 is 5.32 Å². The minimum atomic E-state index is -0.525. The quantitative estimate of drug-likeness (QED) is 0.911. The molecule has 7 heteroatoms. The van der Waals surface area contributed by atoms with Crippen LogP contribution in [0.5, 0.6) is 0 Å². The Morgan fingerprint density at radius 1 is 1.16 bits per heavy atom. The van der Waals surface area contributed by atoms with Crippen LogP contribution in [0.3, 0.4) is 0 Å². The summed E-state index contributed by atoms with van der Waals surface area (Å²) in [6.07, 6.45) is 0.222. The fraction of sp³-hybridized carbons (Fsp3) is 0.556. The van der Waals surface area contributed by atoms with Gasteiger partial charge in [0.1, 0.15) is 11.4 Å². The molecule has 2 rings (SSSR count). The molecular formula is C18H26FN3O3. The maximum Gasteiger partial charge on any atom is 0.410 e. The number of hydrogen-bond acceptors (Lipinski definition) is 3. The Hall–Kier alpha value is -2.31. The molecule has 0 atom stereocenters. The van der Waals surface area contributed by atoms with Crippen LogP contribution >= 0.6 is 0 Å². The summed E-state index contributed by atoms with van der Waals surface area (Å²) >= 11 is 0. The normalized spacial score (nSPS) is 15.0. The van der Waals surface area contributed by atoms with Crippen LogP contribution in [0.2, 0.25) is 0 Å². The van der Waals surface area contributed by atoms with Crippen LogP contribution in [0.25, 0.3) is 0 Å². The summed E-state index contributed by atoms with van der Waals surface area (Å²) in [6.45, 7) is 7.75. The fourth-order valence-electron chi connectivity index (χ4n) is 2.54. The molecule has 25 heavy (non-hydrogen) atoms. The third-order valence-electron chi connectivity index (χ3n) is 3.80. The van der Waals surface area contributed by atoms with E-state index in [1.54, 1.807) is 15.9 Å². The number of nitrogens with one attached hydrogen (secondary N) is 1. The van der Waals surface area contributed by atoms with Gasteiger partial charge in [-0.3, -0.25) is 0 Å². The zero-order valence-electron chi connectivity index (χ0n) is 15.0. The van der Waals surface area contributed by atoms with Gasteiger partial charge in [0.05, 0.1) is 0 Å². The van der Waals surface area contributed by atoms with Gasteiger partial charge in [-0.1, -0.05) is 12.1 Å². The summed E-state index contributed by atoms with van der Waals surface area (Å²) in [5, 5.41) is 2.83. The molecule has 1 aliphatic heterocycles. The first-order chi connectivity index (χ1) is 11.7. The molecule has 0 saturated carbocycles. The van der Waals surface area contributed by atoms with Gasteiger partial charge < -0.3 is 19.9 Å². The average Bonchev–Trinajstić information content (AvgIpc) is 2.53. The Morgan fingerprint density at radius 3 is 2.40 bits per heavy atom. The van der Waals surface area contributed by atoms with E-state index in [0.29, 0.717) is 39.1 Å². The highest BCUT2D eigenvalue weighted by Crippen LogP contribution is 2.12. The minimum Gasteiger partial charge on any atom is -0.444 e. The van der Waals surface area contributed by atoms with Gasteiger partial charge in [0.25, 0.3) is 0 Å². The van der Waals surface area contributed by atoms with E-state index in [4.69, 9.17) is 4.74 Å². The van der Waals surface area contributed by atoms with Gasteiger partial charge in [-0.15, -0.1) is 0 Å². The Kier molecular flexibility index (Phi) is 6.22. The van der Waals surface area contributed by atoms with Gasteiger partial charge in [-0.25, -0.2) is 14.0 Å².